The Bertz CT molecular complexity index is 783. The minimum atomic E-state index is -0.505. The van der Waals surface area contributed by atoms with Gasteiger partial charge in [-0.15, -0.1) is 0 Å². The molecule has 10 nitrogen and oxygen atoms in total. The Hall–Kier alpha value is -3.17. The molecular formula is C13H13N5O5. The zero-order chi connectivity index (χ0) is 16.2. The molecule has 1 aliphatic rings. The Labute approximate surface area is 129 Å². The SMILES string of the molecule is O=C(CN1CCOC1=O)NCc1nc(-c2cc[nH]c(=O)c2)no1. The molecule has 2 N–H and O–H groups in total. The number of amides is 2. The van der Waals surface area contributed by atoms with Crippen molar-refractivity contribution in [1.82, 2.24) is 25.3 Å². The molecule has 0 radical (unpaired) electrons. The summed E-state index contributed by atoms with van der Waals surface area (Å²) in [5, 5.41) is 6.32. The van der Waals surface area contributed by atoms with Crippen LogP contribution in [-0.4, -0.2) is 51.7 Å². The molecule has 120 valence electrons. The molecule has 0 saturated carbocycles. The van der Waals surface area contributed by atoms with E-state index in [9.17, 15) is 14.4 Å². The van der Waals surface area contributed by atoms with Gasteiger partial charge in [0.1, 0.15) is 13.2 Å². The Kier molecular flexibility index (Phi) is 4.04. The Balaban J connectivity index is 1.56. The molecule has 0 unspecified atom stereocenters. The molecule has 2 aromatic rings. The van der Waals surface area contributed by atoms with Gasteiger partial charge < -0.3 is 19.6 Å². The number of aromatic nitrogens is 3. The monoisotopic (exact) mass is 319 g/mol. The number of nitrogens with one attached hydrogen (secondary N) is 2. The highest BCUT2D eigenvalue weighted by molar-refractivity contribution is 5.82. The maximum Gasteiger partial charge on any atom is 0.410 e. The Morgan fingerprint density at radius 3 is 3.04 bits per heavy atom. The standard InChI is InChI=1S/C13H13N5O5/c19-9-5-8(1-2-14-9)12-16-11(23-17-12)6-15-10(20)7-18-3-4-22-13(18)21/h1-2,5H,3-4,6-7H2,(H,14,19)(H,15,20). The van der Waals surface area contributed by atoms with Gasteiger partial charge in [0.2, 0.25) is 23.2 Å². The summed E-state index contributed by atoms with van der Waals surface area (Å²) in [6, 6.07) is 2.97. The predicted octanol–water partition coefficient (Wildman–Crippen LogP) is -0.507. The Morgan fingerprint density at radius 1 is 1.43 bits per heavy atom. The first-order valence-corrected chi connectivity index (χ1v) is 6.82. The lowest BCUT2D eigenvalue weighted by molar-refractivity contribution is -0.121. The van der Waals surface area contributed by atoms with Crippen LogP contribution in [0.15, 0.2) is 27.6 Å². The molecule has 0 aromatic carbocycles. The normalized spacial score (nSPS) is 13.9. The number of hydrogen-bond acceptors (Lipinski definition) is 7. The van der Waals surface area contributed by atoms with Crippen molar-refractivity contribution < 1.29 is 18.8 Å². The van der Waals surface area contributed by atoms with E-state index in [4.69, 9.17) is 9.26 Å². The van der Waals surface area contributed by atoms with Crippen LogP contribution in [0, 0.1) is 0 Å². The van der Waals surface area contributed by atoms with E-state index in [2.05, 4.69) is 20.4 Å². The van der Waals surface area contributed by atoms with Crippen LogP contribution in [0.2, 0.25) is 0 Å². The molecular weight excluding hydrogens is 306 g/mol. The van der Waals surface area contributed by atoms with Crippen LogP contribution >= 0.6 is 0 Å². The maximum absolute atomic E-state index is 11.7. The zero-order valence-corrected chi connectivity index (χ0v) is 11.9. The van der Waals surface area contributed by atoms with Crippen molar-refractivity contribution >= 4 is 12.0 Å². The summed E-state index contributed by atoms with van der Waals surface area (Å²) in [7, 11) is 0. The lowest BCUT2D eigenvalue weighted by atomic mass is 10.2. The van der Waals surface area contributed by atoms with Crippen LogP contribution in [0.3, 0.4) is 0 Å². The first-order valence-electron chi connectivity index (χ1n) is 6.82. The fraction of sp³-hybridized carbons (Fsp3) is 0.308. The van der Waals surface area contributed by atoms with Crippen LogP contribution < -0.4 is 10.9 Å². The molecule has 0 aliphatic carbocycles. The molecule has 23 heavy (non-hydrogen) atoms. The van der Waals surface area contributed by atoms with Gasteiger partial charge >= 0.3 is 6.09 Å². The number of nitrogens with zero attached hydrogens (tertiary/aromatic N) is 3. The van der Waals surface area contributed by atoms with Gasteiger partial charge in [-0.2, -0.15) is 4.98 Å². The molecule has 0 spiro atoms. The highest BCUT2D eigenvalue weighted by atomic mass is 16.6. The fourth-order valence-corrected chi connectivity index (χ4v) is 2.00. The number of hydrogen-bond donors (Lipinski definition) is 2. The van der Waals surface area contributed by atoms with Crippen LogP contribution in [0.4, 0.5) is 4.79 Å². The molecule has 1 aliphatic heterocycles. The molecule has 3 rings (SSSR count). The molecule has 2 amide bonds. The third kappa shape index (κ3) is 3.54. The van der Waals surface area contributed by atoms with Crippen molar-refractivity contribution in [2.75, 3.05) is 19.7 Å². The third-order valence-corrected chi connectivity index (χ3v) is 3.12. The topological polar surface area (TPSA) is 130 Å². The predicted molar refractivity (Wildman–Crippen MR) is 75.1 cm³/mol. The highest BCUT2D eigenvalue weighted by Crippen LogP contribution is 2.12. The minimum Gasteiger partial charge on any atom is -0.448 e. The second-order valence-electron chi connectivity index (χ2n) is 4.77. The van der Waals surface area contributed by atoms with Crippen LogP contribution in [0.5, 0.6) is 0 Å². The molecule has 2 aromatic heterocycles. The number of H-pyrrole nitrogens is 1. The van der Waals surface area contributed by atoms with E-state index < -0.39 is 6.09 Å². The first kappa shape index (κ1) is 14.8. The summed E-state index contributed by atoms with van der Waals surface area (Å²) in [5.74, 6) is 0.0841. The summed E-state index contributed by atoms with van der Waals surface area (Å²) >= 11 is 0. The molecule has 0 atom stereocenters. The van der Waals surface area contributed by atoms with Crippen LogP contribution in [0.25, 0.3) is 11.4 Å². The van der Waals surface area contributed by atoms with Gasteiger partial charge in [-0.1, -0.05) is 5.16 Å². The minimum absolute atomic E-state index is 0.0257. The van der Waals surface area contributed by atoms with Crippen LogP contribution in [0.1, 0.15) is 5.89 Å². The average molecular weight is 319 g/mol. The lowest BCUT2D eigenvalue weighted by Gasteiger charge is -2.11. The summed E-state index contributed by atoms with van der Waals surface area (Å²) < 4.78 is 9.74. The van der Waals surface area contributed by atoms with Crippen molar-refractivity contribution in [1.29, 1.82) is 0 Å². The smallest absolute Gasteiger partial charge is 0.410 e. The number of pyridine rings is 1. The van der Waals surface area contributed by atoms with Gasteiger partial charge in [0.05, 0.1) is 13.1 Å². The molecule has 0 bridgehead atoms. The number of carbonyl (C=O) groups is 2. The first-order chi connectivity index (χ1) is 11.1. The summed E-state index contributed by atoms with van der Waals surface area (Å²) in [6.45, 7) is 0.612. The average Bonchev–Trinajstić information content (AvgIpc) is 3.15. The highest BCUT2D eigenvalue weighted by Gasteiger charge is 2.24. The summed E-state index contributed by atoms with van der Waals surface area (Å²) in [4.78, 5) is 42.1. The van der Waals surface area contributed by atoms with E-state index >= 15 is 0 Å². The van der Waals surface area contributed by atoms with E-state index in [1.165, 1.54) is 17.2 Å². The van der Waals surface area contributed by atoms with E-state index in [1.54, 1.807) is 6.07 Å². The van der Waals surface area contributed by atoms with Gasteiger partial charge in [-0.25, -0.2) is 4.79 Å². The fourth-order valence-electron chi connectivity index (χ4n) is 2.00. The number of cyclic esters (lactones) is 1. The molecule has 1 fully saturated rings. The largest absolute Gasteiger partial charge is 0.448 e. The number of ether oxygens (including phenoxy) is 1. The second kappa shape index (κ2) is 6.30. The molecule has 10 heteroatoms. The van der Waals surface area contributed by atoms with E-state index in [-0.39, 0.29) is 42.9 Å². The van der Waals surface area contributed by atoms with Crippen molar-refractivity contribution in [3.63, 3.8) is 0 Å². The summed E-state index contributed by atoms with van der Waals surface area (Å²) in [6.07, 6.45) is 0.972. The molecule has 1 saturated heterocycles. The summed E-state index contributed by atoms with van der Waals surface area (Å²) in [5.41, 5.74) is 0.231. The van der Waals surface area contributed by atoms with Crippen molar-refractivity contribution in [2.45, 2.75) is 6.54 Å². The maximum atomic E-state index is 11.7. The van der Waals surface area contributed by atoms with Gasteiger partial charge in [-0.05, 0) is 6.07 Å². The van der Waals surface area contributed by atoms with Crippen LogP contribution in [-0.2, 0) is 16.1 Å². The second-order valence-corrected chi connectivity index (χ2v) is 4.77. The molecule has 3 heterocycles. The van der Waals surface area contributed by atoms with Gasteiger partial charge in [0.15, 0.2) is 0 Å². The van der Waals surface area contributed by atoms with Gasteiger partial charge in [0.25, 0.3) is 0 Å². The number of carbonyl (C=O) groups excluding carboxylic acids is 2. The van der Waals surface area contributed by atoms with Gasteiger partial charge in [0, 0.05) is 17.8 Å². The zero-order valence-electron chi connectivity index (χ0n) is 11.9. The van der Waals surface area contributed by atoms with E-state index in [1.807, 2.05) is 0 Å². The van der Waals surface area contributed by atoms with Gasteiger partial charge in [-0.3, -0.25) is 14.5 Å². The quantitative estimate of drug-likeness (QED) is 0.759. The van der Waals surface area contributed by atoms with Crippen molar-refractivity contribution in [3.05, 3.63) is 34.6 Å². The third-order valence-electron chi connectivity index (χ3n) is 3.12. The number of aromatic amines is 1. The lowest BCUT2D eigenvalue weighted by Crippen LogP contribution is -2.37. The van der Waals surface area contributed by atoms with Crippen molar-refractivity contribution in [2.24, 2.45) is 0 Å². The van der Waals surface area contributed by atoms with Crippen molar-refractivity contribution in [3.8, 4) is 11.4 Å². The van der Waals surface area contributed by atoms with E-state index in [0.717, 1.165) is 0 Å². The Morgan fingerprint density at radius 2 is 2.30 bits per heavy atom. The van der Waals surface area contributed by atoms with E-state index in [0.29, 0.717) is 12.1 Å². The number of rotatable bonds is 5.